The van der Waals surface area contributed by atoms with Gasteiger partial charge in [-0.25, -0.2) is 4.98 Å². The van der Waals surface area contributed by atoms with E-state index < -0.39 is 12.0 Å². The zero-order valence-corrected chi connectivity index (χ0v) is 10.5. The largest absolute Gasteiger partial charge is 0.449 e. The van der Waals surface area contributed by atoms with Crippen LogP contribution in [0.1, 0.15) is 12.7 Å². The third-order valence-corrected chi connectivity index (χ3v) is 2.87. The zero-order chi connectivity index (χ0) is 14.2. The number of alkyl halides is 3. The number of imidazole rings is 1. The Morgan fingerprint density at radius 3 is 2.68 bits per heavy atom. The van der Waals surface area contributed by atoms with Crippen LogP contribution in [0.4, 0.5) is 18.9 Å². The maximum absolute atomic E-state index is 13.0. The van der Waals surface area contributed by atoms with Gasteiger partial charge < -0.3 is 15.0 Å². The van der Waals surface area contributed by atoms with Gasteiger partial charge in [-0.2, -0.15) is 13.2 Å². The Morgan fingerprint density at radius 2 is 2.11 bits per heavy atom. The van der Waals surface area contributed by atoms with Crippen molar-refractivity contribution in [1.82, 2.24) is 9.55 Å². The van der Waals surface area contributed by atoms with Gasteiger partial charge in [-0.1, -0.05) is 0 Å². The molecule has 0 amide bonds. The van der Waals surface area contributed by atoms with Crippen LogP contribution in [0.2, 0.25) is 0 Å². The van der Waals surface area contributed by atoms with Crippen molar-refractivity contribution in [2.45, 2.75) is 25.7 Å². The van der Waals surface area contributed by atoms with Crippen LogP contribution >= 0.6 is 0 Å². The number of ether oxygens (including phenoxy) is 1. The number of benzene rings is 1. The summed E-state index contributed by atoms with van der Waals surface area (Å²) in [5, 5.41) is 0. The van der Waals surface area contributed by atoms with E-state index in [-0.39, 0.29) is 18.2 Å². The highest BCUT2D eigenvalue weighted by atomic mass is 19.4. The molecule has 0 aliphatic rings. The molecule has 4 nitrogen and oxygen atoms in total. The molecular formula is C12H14F3N3O. The van der Waals surface area contributed by atoms with E-state index in [0.717, 1.165) is 4.57 Å². The molecule has 0 radical (unpaired) electrons. The molecule has 104 valence electrons. The molecule has 0 aliphatic heterocycles. The lowest BCUT2D eigenvalue weighted by Gasteiger charge is -2.15. The highest BCUT2D eigenvalue weighted by Crippen LogP contribution is 2.32. The highest BCUT2D eigenvalue weighted by molar-refractivity contribution is 5.79. The lowest BCUT2D eigenvalue weighted by molar-refractivity contribution is -0.147. The number of hydrogen-bond donors (Lipinski definition) is 1. The number of anilines is 1. The van der Waals surface area contributed by atoms with E-state index >= 15 is 0 Å². The smallest absolute Gasteiger partial charge is 0.399 e. The number of methoxy groups -OCH3 is 1. The number of halogens is 3. The molecule has 1 aromatic heterocycles. The Labute approximate surface area is 108 Å². The van der Waals surface area contributed by atoms with E-state index in [4.69, 9.17) is 10.5 Å². The first-order chi connectivity index (χ1) is 8.82. The first-order valence-corrected chi connectivity index (χ1v) is 5.68. The summed E-state index contributed by atoms with van der Waals surface area (Å²) in [6.07, 6.45) is -4.86. The van der Waals surface area contributed by atoms with E-state index in [1.165, 1.54) is 19.2 Å². The number of rotatable bonds is 3. The second-order valence-electron chi connectivity index (χ2n) is 4.34. The molecule has 0 bridgehead atoms. The van der Waals surface area contributed by atoms with Crippen LogP contribution in [0, 0.1) is 0 Å². The Kier molecular flexibility index (Phi) is 3.40. The van der Waals surface area contributed by atoms with Gasteiger partial charge >= 0.3 is 6.18 Å². The number of fused-ring (bicyclic) bond motifs is 1. The van der Waals surface area contributed by atoms with Gasteiger partial charge in [0.1, 0.15) is 0 Å². The fourth-order valence-electron chi connectivity index (χ4n) is 1.88. The second kappa shape index (κ2) is 4.73. The number of nitrogens with two attached hydrogens (primary N) is 1. The molecular weight excluding hydrogens is 259 g/mol. The topological polar surface area (TPSA) is 53.1 Å². The van der Waals surface area contributed by atoms with Gasteiger partial charge in [0, 0.05) is 12.8 Å². The average molecular weight is 273 g/mol. The van der Waals surface area contributed by atoms with E-state index in [1.807, 2.05) is 0 Å². The van der Waals surface area contributed by atoms with E-state index in [1.54, 1.807) is 13.0 Å². The van der Waals surface area contributed by atoms with Gasteiger partial charge in [0.15, 0.2) is 0 Å². The van der Waals surface area contributed by atoms with Crippen molar-refractivity contribution in [1.29, 1.82) is 0 Å². The summed E-state index contributed by atoms with van der Waals surface area (Å²) in [7, 11) is 1.45. The minimum Gasteiger partial charge on any atom is -0.399 e. The van der Waals surface area contributed by atoms with Gasteiger partial charge in [0.05, 0.1) is 23.7 Å². The summed E-state index contributed by atoms with van der Waals surface area (Å²) in [5.41, 5.74) is 6.57. The monoisotopic (exact) mass is 273 g/mol. The molecule has 0 spiro atoms. The van der Waals surface area contributed by atoms with Gasteiger partial charge in [-0.05, 0) is 25.1 Å². The summed E-state index contributed by atoms with van der Waals surface area (Å²) < 4.78 is 45.1. The first kappa shape index (κ1) is 13.7. The third kappa shape index (κ3) is 2.65. The van der Waals surface area contributed by atoms with Crippen LogP contribution in [0.25, 0.3) is 11.0 Å². The van der Waals surface area contributed by atoms with Gasteiger partial charge in [0.25, 0.3) is 0 Å². The molecule has 2 N–H and O–H groups in total. The summed E-state index contributed by atoms with van der Waals surface area (Å²) in [5.74, 6) is -0.933. The quantitative estimate of drug-likeness (QED) is 0.875. The molecule has 1 unspecified atom stereocenters. The van der Waals surface area contributed by atoms with Crippen LogP contribution in [-0.4, -0.2) is 22.8 Å². The minimum atomic E-state index is -4.51. The molecule has 0 fully saturated rings. The lowest BCUT2D eigenvalue weighted by Crippen LogP contribution is -2.21. The zero-order valence-electron chi connectivity index (χ0n) is 10.5. The van der Waals surface area contributed by atoms with Gasteiger partial charge in [-0.3, -0.25) is 0 Å². The van der Waals surface area contributed by atoms with Crippen LogP contribution < -0.4 is 5.73 Å². The van der Waals surface area contributed by atoms with Gasteiger partial charge in [-0.15, -0.1) is 0 Å². The Balaban J connectivity index is 2.62. The molecule has 19 heavy (non-hydrogen) atoms. The Bertz CT molecular complexity index is 592. The summed E-state index contributed by atoms with van der Waals surface area (Å²) >= 11 is 0. The predicted octanol–water partition coefficient (Wildman–Crippen LogP) is 2.67. The third-order valence-electron chi connectivity index (χ3n) is 2.87. The molecule has 7 heteroatoms. The minimum absolute atomic E-state index is 0.0752. The second-order valence-corrected chi connectivity index (χ2v) is 4.34. The fourth-order valence-corrected chi connectivity index (χ4v) is 1.88. The molecule has 2 aromatic rings. The number of nitrogens with zero attached hydrogens (tertiary/aromatic N) is 2. The van der Waals surface area contributed by atoms with Crippen molar-refractivity contribution in [3.63, 3.8) is 0 Å². The fraction of sp³-hybridized carbons (Fsp3) is 0.417. The van der Waals surface area contributed by atoms with Crippen LogP contribution in [0.15, 0.2) is 18.2 Å². The maximum atomic E-state index is 13.0. The standard InChI is InChI=1S/C12H14F3N3O/c1-7(19-2)6-18-10-4-3-8(16)5-9(10)17-11(18)12(13,14)15/h3-5,7H,6,16H2,1-2H3. The van der Waals surface area contributed by atoms with Crippen molar-refractivity contribution < 1.29 is 17.9 Å². The lowest BCUT2D eigenvalue weighted by atomic mass is 10.2. The van der Waals surface area contributed by atoms with Crippen molar-refractivity contribution >= 4 is 16.7 Å². The molecule has 1 atom stereocenters. The summed E-state index contributed by atoms with van der Waals surface area (Å²) in [4.78, 5) is 3.63. The first-order valence-electron chi connectivity index (χ1n) is 5.68. The number of nitrogen functional groups attached to an aromatic ring is 1. The molecule has 0 aliphatic carbocycles. The van der Waals surface area contributed by atoms with Crippen molar-refractivity contribution in [2.75, 3.05) is 12.8 Å². The van der Waals surface area contributed by atoms with Crippen LogP contribution in [0.5, 0.6) is 0 Å². The summed E-state index contributed by atoms with van der Waals surface area (Å²) in [6, 6.07) is 4.52. The molecule has 2 rings (SSSR count). The Hall–Kier alpha value is -1.76. The van der Waals surface area contributed by atoms with E-state index in [2.05, 4.69) is 4.98 Å². The Morgan fingerprint density at radius 1 is 1.42 bits per heavy atom. The predicted molar refractivity (Wildman–Crippen MR) is 65.6 cm³/mol. The number of aromatic nitrogens is 2. The average Bonchev–Trinajstić information content (AvgIpc) is 2.67. The van der Waals surface area contributed by atoms with Crippen LogP contribution in [0.3, 0.4) is 0 Å². The van der Waals surface area contributed by atoms with Crippen molar-refractivity contribution in [3.8, 4) is 0 Å². The normalized spacial score (nSPS) is 13.9. The van der Waals surface area contributed by atoms with E-state index in [0.29, 0.717) is 11.2 Å². The highest BCUT2D eigenvalue weighted by Gasteiger charge is 2.37. The van der Waals surface area contributed by atoms with Gasteiger partial charge in [0.2, 0.25) is 5.82 Å². The molecule has 1 heterocycles. The van der Waals surface area contributed by atoms with Crippen molar-refractivity contribution in [3.05, 3.63) is 24.0 Å². The van der Waals surface area contributed by atoms with Crippen molar-refractivity contribution in [2.24, 2.45) is 0 Å². The molecule has 0 saturated carbocycles. The van der Waals surface area contributed by atoms with E-state index in [9.17, 15) is 13.2 Å². The molecule has 0 saturated heterocycles. The van der Waals surface area contributed by atoms with Crippen LogP contribution in [-0.2, 0) is 17.5 Å². The SMILES string of the molecule is COC(C)Cn1c(C(F)(F)F)nc2cc(N)ccc21. The molecule has 1 aromatic carbocycles. The maximum Gasteiger partial charge on any atom is 0.449 e. The summed E-state index contributed by atoms with van der Waals surface area (Å²) in [6.45, 7) is 1.77. The number of hydrogen-bond acceptors (Lipinski definition) is 3.